The Hall–Kier alpha value is -1.23. The van der Waals surface area contributed by atoms with Crippen LogP contribution in [0.4, 0.5) is 0 Å². The third kappa shape index (κ3) is 4.19. The average molecular weight is 330 g/mol. The first-order valence-electron chi connectivity index (χ1n) is 8.57. The van der Waals surface area contributed by atoms with Crippen molar-refractivity contribution in [1.29, 1.82) is 0 Å². The van der Waals surface area contributed by atoms with Gasteiger partial charge in [0.2, 0.25) is 0 Å². The molecule has 3 rings (SSSR count). The van der Waals surface area contributed by atoms with Gasteiger partial charge in [-0.25, -0.2) is 4.98 Å². The smallest absolute Gasteiger partial charge is 0.0975 e. The number of rotatable bonds is 5. The van der Waals surface area contributed by atoms with Gasteiger partial charge in [-0.05, 0) is 32.3 Å². The average Bonchev–Trinajstić information content (AvgIpc) is 2.91. The van der Waals surface area contributed by atoms with Crippen LogP contribution in [0.5, 0.6) is 0 Å². The highest BCUT2D eigenvalue weighted by atomic mass is 32.1. The van der Waals surface area contributed by atoms with E-state index >= 15 is 0 Å². The van der Waals surface area contributed by atoms with Crippen molar-refractivity contribution in [2.75, 3.05) is 0 Å². The molecule has 0 spiro atoms. The number of hydrogen-bond donors (Lipinski definition) is 2. The molecule has 4 heteroatoms. The Bertz CT molecular complexity index is 626. The molecule has 1 aliphatic carbocycles. The molecule has 23 heavy (non-hydrogen) atoms. The van der Waals surface area contributed by atoms with Gasteiger partial charge in [0.1, 0.15) is 0 Å². The summed E-state index contributed by atoms with van der Waals surface area (Å²) in [6.07, 6.45) is 5.04. The van der Waals surface area contributed by atoms with Gasteiger partial charge in [0.15, 0.2) is 0 Å². The van der Waals surface area contributed by atoms with Crippen LogP contribution in [-0.2, 0) is 6.42 Å². The quantitative estimate of drug-likeness (QED) is 0.871. The van der Waals surface area contributed by atoms with Gasteiger partial charge in [-0.1, -0.05) is 43.2 Å². The summed E-state index contributed by atoms with van der Waals surface area (Å²) >= 11 is 1.80. The maximum absolute atomic E-state index is 10.2. The summed E-state index contributed by atoms with van der Waals surface area (Å²) in [6.45, 7) is 4.28. The standard InChI is InChI=1S/C19H26N2OS/c1-13(20-16-10-6-7-11-17(16)22)19-14(2)21-18(23-19)12-15-8-4-3-5-9-15/h3-5,8-9,13,16-17,20,22H,6-7,10-12H2,1-2H3. The van der Waals surface area contributed by atoms with E-state index in [2.05, 4.69) is 43.4 Å². The van der Waals surface area contributed by atoms with Crippen molar-refractivity contribution in [3.05, 3.63) is 51.5 Å². The first-order chi connectivity index (χ1) is 11.1. The van der Waals surface area contributed by atoms with E-state index in [1.54, 1.807) is 11.3 Å². The summed E-state index contributed by atoms with van der Waals surface area (Å²) in [6, 6.07) is 11.0. The number of benzene rings is 1. The minimum atomic E-state index is -0.205. The van der Waals surface area contributed by atoms with Gasteiger partial charge in [0, 0.05) is 23.4 Å². The highest BCUT2D eigenvalue weighted by Gasteiger charge is 2.25. The van der Waals surface area contributed by atoms with E-state index < -0.39 is 0 Å². The van der Waals surface area contributed by atoms with E-state index in [0.29, 0.717) is 0 Å². The molecule has 0 saturated heterocycles. The topological polar surface area (TPSA) is 45.2 Å². The molecule has 2 aromatic rings. The van der Waals surface area contributed by atoms with E-state index in [9.17, 15) is 5.11 Å². The largest absolute Gasteiger partial charge is 0.392 e. The van der Waals surface area contributed by atoms with Crippen LogP contribution < -0.4 is 5.32 Å². The van der Waals surface area contributed by atoms with Crippen molar-refractivity contribution >= 4 is 11.3 Å². The Balaban J connectivity index is 1.67. The molecule has 1 saturated carbocycles. The summed E-state index contributed by atoms with van der Waals surface area (Å²) < 4.78 is 0. The molecule has 3 nitrogen and oxygen atoms in total. The molecular formula is C19H26N2OS. The minimum Gasteiger partial charge on any atom is -0.392 e. The fourth-order valence-corrected chi connectivity index (χ4v) is 4.53. The van der Waals surface area contributed by atoms with Crippen molar-refractivity contribution in [3.8, 4) is 0 Å². The molecule has 1 heterocycles. The molecule has 124 valence electrons. The van der Waals surface area contributed by atoms with Crippen LogP contribution in [0.3, 0.4) is 0 Å². The van der Waals surface area contributed by atoms with E-state index in [4.69, 9.17) is 4.98 Å². The van der Waals surface area contributed by atoms with Gasteiger partial charge in [-0.15, -0.1) is 11.3 Å². The number of aliphatic hydroxyl groups excluding tert-OH is 1. The fraction of sp³-hybridized carbons (Fsp3) is 0.526. The van der Waals surface area contributed by atoms with Crippen LogP contribution in [0.2, 0.25) is 0 Å². The molecule has 2 N–H and O–H groups in total. The maximum atomic E-state index is 10.2. The Labute approximate surface area is 142 Å². The third-order valence-corrected chi connectivity index (χ3v) is 6.00. The zero-order valence-corrected chi connectivity index (χ0v) is 14.8. The highest BCUT2D eigenvalue weighted by molar-refractivity contribution is 7.11. The summed E-state index contributed by atoms with van der Waals surface area (Å²) in [5, 5.41) is 15.0. The van der Waals surface area contributed by atoms with E-state index in [1.807, 2.05) is 6.07 Å². The van der Waals surface area contributed by atoms with Crippen molar-refractivity contribution in [3.63, 3.8) is 0 Å². The predicted octanol–water partition coefficient (Wildman–Crippen LogP) is 4.00. The predicted molar refractivity (Wildman–Crippen MR) is 95.9 cm³/mol. The molecule has 0 aliphatic heterocycles. The van der Waals surface area contributed by atoms with Crippen LogP contribution in [0.15, 0.2) is 30.3 Å². The van der Waals surface area contributed by atoms with Crippen molar-refractivity contribution in [2.45, 2.75) is 64.1 Å². The lowest BCUT2D eigenvalue weighted by atomic mass is 9.92. The Morgan fingerprint density at radius 1 is 1.26 bits per heavy atom. The highest BCUT2D eigenvalue weighted by Crippen LogP contribution is 2.28. The van der Waals surface area contributed by atoms with Crippen LogP contribution in [-0.4, -0.2) is 22.2 Å². The number of hydrogen-bond acceptors (Lipinski definition) is 4. The second-order valence-electron chi connectivity index (χ2n) is 6.57. The normalized spacial score (nSPS) is 22.9. The monoisotopic (exact) mass is 330 g/mol. The molecule has 0 radical (unpaired) electrons. The second kappa shape index (κ2) is 7.56. The molecule has 1 aromatic heterocycles. The Morgan fingerprint density at radius 2 is 2.00 bits per heavy atom. The van der Waals surface area contributed by atoms with Crippen LogP contribution in [0, 0.1) is 6.92 Å². The fourth-order valence-electron chi connectivity index (χ4n) is 3.42. The molecule has 1 aliphatic rings. The molecular weight excluding hydrogens is 304 g/mol. The molecule has 0 amide bonds. The second-order valence-corrected chi connectivity index (χ2v) is 7.68. The number of nitrogens with one attached hydrogen (secondary N) is 1. The number of aromatic nitrogens is 1. The molecule has 1 aromatic carbocycles. The van der Waals surface area contributed by atoms with Gasteiger partial charge in [0.05, 0.1) is 16.8 Å². The van der Waals surface area contributed by atoms with Crippen LogP contribution in [0.1, 0.15) is 59.8 Å². The van der Waals surface area contributed by atoms with Gasteiger partial charge in [-0.2, -0.15) is 0 Å². The minimum absolute atomic E-state index is 0.205. The number of thiazole rings is 1. The van der Waals surface area contributed by atoms with Gasteiger partial charge < -0.3 is 10.4 Å². The SMILES string of the molecule is Cc1nc(Cc2ccccc2)sc1C(C)NC1CCCCC1O. The lowest BCUT2D eigenvalue weighted by Crippen LogP contribution is -2.43. The zero-order valence-electron chi connectivity index (χ0n) is 14.0. The number of nitrogens with zero attached hydrogens (tertiary/aromatic N) is 1. The van der Waals surface area contributed by atoms with Crippen molar-refractivity contribution < 1.29 is 5.11 Å². The summed E-state index contributed by atoms with van der Waals surface area (Å²) in [5.74, 6) is 0. The zero-order chi connectivity index (χ0) is 16.2. The third-order valence-electron chi connectivity index (χ3n) is 4.66. The van der Waals surface area contributed by atoms with Crippen LogP contribution in [0.25, 0.3) is 0 Å². The van der Waals surface area contributed by atoms with Gasteiger partial charge in [0.25, 0.3) is 0 Å². The van der Waals surface area contributed by atoms with Crippen molar-refractivity contribution in [2.24, 2.45) is 0 Å². The summed E-state index contributed by atoms with van der Waals surface area (Å²) in [5.41, 5.74) is 2.42. The van der Waals surface area contributed by atoms with Gasteiger partial charge >= 0.3 is 0 Å². The van der Waals surface area contributed by atoms with Crippen LogP contribution >= 0.6 is 11.3 Å². The lowest BCUT2D eigenvalue weighted by Gasteiger charge is -2.31. The van der Waals surface area contributed by atoms with E-state index in [-0.39, 0.29) is 18.2 Å². The summed E-state index contributed by atoms with van der Waals surface area (Å²) in [7, 11) is 0. The lowest BCUT2D eigenvalue weighted by molar-refractivity contribution is 0.0861. The van der Waals surface area contributed by atoms with Crippen molar-refractivity contribution in [1.82, 2.24) is 10.3 Å². The molecule has 1 fully saturated rings. The van der Waals surface area contributed by atoms with E-state index in [1.165, 1.54) is 21.9 Å². The number of aliphatic hydroxyl groups is 1. The molecule has 3 atom stereocenters. The maximum Gasteiger partial charge on any atom is 0.0975 e. The molecule has 3 unspecified atom stereocenters. The first kappa shape index (κ1) is 16.6. The Kier molecular flexibility index (Phi) is 5.46. The van der Waals surface area contributed by atoms with E-state index in [0.717, 1.165) is 31.4 Å². The van der Waals surface area contributed by atoms with Gasteiger partial charge in [-0.3, -0.25) is 0 Å². The molecule has 0 bridgehead atoms. The Morgan fingerprint density at radius 3 is 2.74 bits per heavy atom. The number of aryl methyl sites for hydroxylation is 1. The summed E-state index contributed by atoms with van der Waals surface area (Å²) in [4.78, 5) is 6.05. The first-order valence-corrected chi connectivity index (χ1v) is 9.39.